The summed E-state index contributed by atoms with van der Waals surface area (Å²) in [5.41, 5.74) is 3.89. The summed E-state index contributed by atoms with van der Waals surface area (Å²) in [6.07, 6.45) is 4.11. The van der Waals surface area contributed by atoms with Crippen LogP contribution < -0.4 is 0 Å². The van der Waals surface area contributed by atoms with Crippen molar-refractivity contribution >= 4 is 11.3 Å². The Balaban J connectivity index is 1.69. The Kier molecular flexibility index (Phi) is 4.65. The minimum Gasteiger partial charge on any atom is -0.299 e. The van der Waals surface area contributed by atoms with Gasteiger partial charge in [0.2, 0.25) is 0 Å². The van der Waals surface area contributed by atoms with Crippen molar-refractivity contribution in [3.05, 3.63) is 40.2 Å². The van der Waals surface area contributed by atoms with Crippen LogP contribution in [0.25, 0.3) is 11.3 Å². The minimum atomic E-state index is 0.136. The van der Waals surface area contributed by atoms with Gasteiger partial charge in [0.25, 0.3) is 0 Å². The second kappa shape index (κ2) is 6.51. The number of aromatic nitrogens is 1. The Morgan fingerprint density at radius 1 is 1.05 bits per heavy atom. The molecule has 0 aliphatic carbocycles. The van der Waals surface area contributed by atoms with Crippen LogP contribution in [0.5, 0.6) is 0 Å². The molecule has 3 rings (SSSR count). The summed E-state index contributed by atoms with van der Waals surface area (Å²) >= 11 is 1.76. The van der Waals surface area contributed by atoms with Gasteiger partial charge in [-0.05, 0) is 31.5 Å². The van der Waals surface area contributed by atoms with E-state index in [2.05, 4.69) is 55.3 Å². The zero-order chi connectivity index (χ0) is 15.6. The standard InChI is InChI=1S/C19H26N2S/c1-19(2,3)18-20-17(14-22-18)16-9-7-15(8-10-16)13-21-11-5-4-6-12-21/h7-10,14H,4-6,11-13H2,1-3H3. The zero-order valence-electron chi connectivity index (χ0n) is 13.9. The maximum atomic E-state index is 4.81. The summed E-state index contributed by atoms with van der Waals surface area (Å²) in [6.45, 7) is 10.3. The van der Waals surface area contributed by atoms with Gasteiger partial charge in [-0.3, -0.25) is 4.90 Å². The second-order valence-corrected chi connectivity index (χ2v) is 8.18. The molecule has 2 aromatic rings. The number of hydrogen-bond acceptors (Lipinski definition) is 3. The first-order valence-corrected chi connectivity index (χ1v) is 9.18. The molecular weight excluding hydrogens is 288 g/mol. The Morgan fingerprint density at radius 3 is 2.32 bits per heavy atom. The molecule has 0 saturated carbocycles. The summed E-state index contributed by atoms with van der Waals surface area (Å²) in [4.78, 5) is 7.37. The van der Waals surface area contributed by atoms with Crippen LogP contribution in [-0.4, -0.2) is 23.0 Å². The number of piperidine rings is 1. The third kappa shape index (κ3) is 3.76. The van der Waals surface area contributed by atoms with Crippen LogP contribution in [0.2, 0.25) is 0 Å². The molecule has 1 aromatic carbocycles. The topological polar surface area (TPSA) is 16.1 Å². The molecule has 3 heteroatoms. The summed E-state index contributed by atoms with van der Waals surface area (Å²) < 4.78 is 0. The van der Waals surface area contributed by atoms with Crippen molar-refractivity contribution in [3.63, 3.8) is 0 Å². The lowest BCUT2D eigenvalue weighted by atomic mass is 9.98. The van der Waals surface area contributed by atoms with Crippen LogP contribution in [0.1, 0.15) is 50.6 Å². The average molecular weight is 314 g/mol. The average Bonchev–Trinajstić information content (AvgIpc) is 2.99. The summed E-state index contributed by atoms with van der Waals surface area (Å²) in [7, 11) is 0. The van der Waals surface area contributed by atoms with Crippen LogP contribution in [0.4, 0.5) is 0 Å². The van der Waals surface area contributed by atoms with E-state index in [4.69, 9.17) is 4.98 Å². The number of hydrogen-bond donors (Lipinski definition) is 0. The first-order chi connectivity index (χ1) is 10.5. The van der Waals surface area contributed by atoms with E-state index in [1.807, 2.05) is 0 Å². The van der Waals surface area contributed by atoms with Gasteiger partial charge >= 0.3 is 0 Å². The molecule has 0 N–H and O–H groups in total. The van der Waals surface area contributed by atoms with Crippen molar-refractivity contribution in [2.75, 3.05) is 13.1 Å². The van der Waals surface area contributed by atoms with Gasteiger partial charge in [0.15, 0.2) is 0 Å². The van der Waals surface area contributed by atoms with Crippen LogP contribution in [0.3, 0.4) is 0 Å². The Morgan fingerprint density at radius 2 is 1.73 bits per heavy atom. The molecule has 1 saturated heterocycles. The maximum Gasteiger partial charge on any atom is 0.0986 e. The SMILES string of the molecule is CC(C)(C)c1nc(-c2ccc(CN3CCCCC3)cc2)cs1. The van der Waals surface area contributed by atoms with Gasteiger partial charge in [-0.25, -0.2) is 4.98 Å². The van der Waals surface area contributed by atoms with E-state index in [0.717, 1.165) is 12.2 Å². The highest BCUT2D eigenvalue weighted by Gasteiger charge is 2.18. The van der Waals surface area contributed by atoms with Crippen LogP contribution in [0, 0.1) is 0 Å². The number of benzene rings is 1. The molecule has 1 aromatic heterocycles. The Hall–Kier alpha value is -1.19. The molecule has 22 heavy (non-hydrogen) atoms. The fourth-order valence-corrected chi connectivity index (χ4v) is 3.82. The number of rotatable bonds is 3. The molecule has 1 fully saturated rings. The maximum absolute atomic E-state index is 4.81. The first-order valence-electron chi connectivity index (χ1n) is 8.30. The normalized spacial score (nSPS) is 16.9. The van der Waals surface area contributed by atoms with Gasteiger partial charge in [0, 0.05) is 22.9 Å². The van der Waals surface area contributed by atoms with Gasteiger partial charge in [-0.2, -0.15) is 0 Å². The smallest absolute Gasteiger partial charge is 0.0986 e. The van der Waals surface area contributed by atoms with Crippen molar-refractivity contribution in [2.45, 2.75) is 52.0 Å². The summed E-state index contributed by atoms with van der Waals surface area (Å²) in [6, 6.07) is 8.97. The summed E-state index contributed by atoms with van der Waals surface area (Å²) in [5.74, 6) is 0. The highest BCUT2D eigenvalue weighted by molar-refractivity contribution is 7.10. The van der Waals surface area contributed by atoms with Crippen molar-refractivity contribution in [1.82, 2.24) is 9.88 Å². The highest BCUT2D eigenvalue weighted by atomic mass is 32.1. The quantitative estimate of drug-likeness (QED) is 0.784. The van der Waals surface area contributed by atoms with E-state index in [0.29, 0.717) is 0 Å². The Bertz CT molecular complexity index is 601. The minimum absolute atomic E-state index is 0.136. The second-order valence-electron chi connectivity index (χ2n) is 7.32. The highest BCUT2D eigenvalue weighted by Crippen LogP contribution is 2.30. The third-order valence-corrected chi connectivity index (χ3v) is 5.52. The van der Waals surface area contributed by atoms with E-state index < -0.39 is 0 Å². The first kappa shape index (κ1) is 15.7. The number of thiazole rings is 1. The molecule has 118 valence electrons. The lowest BCUT2D eigenvalue weighted by molar-refractivity contribution is 0.221. The Labute approximate surface area is 138 Å². The summed E-state index contributed by atoms with van der Waals surface area (Å²) in [5, 5.41) is 3.39. The van der Waals surface area contributed by atoms with Gasteiger partial charge in [0.1, 0.15) is 0 Å². The number of nitrogens with zero attached hydrogens (tertiary/aromatic N) is 2. The van der Waals surface area contributed by atoms with Gasteiger partial charge < -0.3 is 0 Å². The van der Waals surface area contributed by atoms with Crippen LogP contribution in [0.15, 0.2) is 29.6 Å². The molecule has 2 nitrogen and oxygen atoms in total. The zero-order valence-corrected chi connectivity index (χ0v) is 14.7. The lowest BCUT2D eigenvalue weighted by Crippen LogP contribution is -2.28. The van der Waals surface area contributed by atoms with Crippen molar-refractivity contribution in [2.24, 2.45) is 0 Å². The molecular formula is C19H26N2S. The van der Waals surface area contributed by atoms with E-state index >= 15 is 0 Å². The third-order valence-electron chi connectivity index (χ3n) is 4.25. The number of likely N-dealkylation sites (tertiary alicyclic amines) is 1. The molecule has 0 bridgehead atoms. The molecule has 2 heterocycles. The lowest BCUT2D eigenvalue weighted by Gasteiger charge is -2.26. The van der Waals surface area contributed by atoms with Crippen molar-refractivity contribution in [3.8, 4) is 11.3 Å². The fraction of sp³-hybridized carbons (Fsp3) is 0.526. The van der Waals surface area contributed by atoms with E-state index in [1.165, 1.54) is 48.5 Å². The van der Waals surface area contributed by atoms with Gasteiger partial charge in [-0.15, -0.1) is 11.3 Å². The molecule has 0 atom stereocenters. The van der Waals surface area contributed by atoms with E-state index in [-0.39, 0.29) is 5.41 Å². The van der Waals surface area contributed by atoms with E-state index in [9.17, 15) is 0 Å². The monoisotopic (exact) mass is 314 g/mol. The molecule has 1 aliphatic rings. The predicted octanol–water partition coefficient (Wildman–Crippen LogP) is 5.09. The predicted molar refractivity (Wildman–Crippen MR) is 95.4 cm³/mol. The molecule has 0 unspecified atom stereocenters. The van der Waals surface area contributed by atoms with Gasteiger partial charge in [-0.1, -0.05) is 51.5 Å². The molecule has 0 amide bonds. The van der Waals surface area contributed by atoms with Crippen LogP contribution in [-0.2, 0) is 12.0 Å². The molecule has 1 aliphatic heterocycles. The van der Waals surface area contributed by atoms with Crippen molar-refractivity contribution in [1.29, 1.82) is 0 Å². The fourth-order valence-electron chi connectivity index (χ4n) is 2.91. The largest absolute Gasteiger partial charge is 0.299 e. The van der Waals surface area contributed by atoms with Gasteiger partial charge in [0.05, 0.1) is 10.7 Å². The molecule has 0 spiro atoms. The molecule has 0 radical (unpaired) electrons. The van der Waals surface area contributed by atoms with E-state index in [1.54, 1.807) is 11.3 Å². The van der Waals surface area contributed by atoms with Crippen LogP contribution >= 0.6 is 11.3 Å². The van der Waals surface area contributed by atoms with Crippen molar-refractivity contribution < 1.29 is 0 Å².